The molecule has 0 atom stereocenters. The van der Waals surface area contributed by atoms with Gasteiger partial charge in [-0.25, -0.2) is 26.3 Å². The van der Waals surface area contributed by atoms with Crippen LogP contribution in [0.15, 0.2) is 24.3 Å². The van der Waals surface area contributed by atoms with Crippen LogP contribution in [-0.4, -0.2) is 0 Å². The molecule has 0 spiro atoms. The molecule has 0 aliphatic carbocycles. The van der Waals surface area contributed by atoms with Crippen molar-refractivity contribution in [1.82, 2.24) is 0 Å². The molecule has 106 valence electrons. The van der Waals surface area contributed by atoms with Crippen molar-refractivity contribution in [3.63, 3.8) is 0 Å². The van der Waals surface area contributed by atoms with E-state index in [0.717, 1.165) is 0 Å². The number of rotatable bonds is 2. The summed E-state index contributed by atoms with van der Waals surface area (Å²) in [7, 11) is -2.52. The Morgan fingerprint density at radius 2 is 1.00 bits per heavy atom. The van der Waals surface area contributed by atoms with Crippen LogP contribution in [0.25, 0.3) is 0 Å². The van der Waals surface area contributed by atoms with Crippen molar-refractivity contribution in [2.45, 2.75) is 0 Å². The zero-order chi connectivity index (χ0) is 15.0. The average Bonchev–Trinajstić information content (AvgIpc) is 2.37. The second-order valence-corrected chi connectivity index (χ2v) is 6.26. The quantitative estimate of drug-likeness (QED) is 0.442. The fraction of sp³-hybridized carbons (Fsp3) is 0. The molecule has 0 amide bonds. The van der Waals surface area contributed by atoms with Crippen LogP contribution >= 0.6 is 18.5 Å². The normalized spacial score (nSPS) is 11.2. The molecular formula is C12H4ClF6P. The van der Waals surface area contributed by atoms with E-state index in [2.05, 4.69) is 0 Å². The van der Waals surface area contributed by atoms with Crippen LogP contribution in [0.3, 0.4) is 0 Å². The summed E-state index contributed by atoms with van der Waals surface area (Å²) >= 11 is 5.75. The maximum atomic E-state index is 13.5. The first-order chi connectivity index (χ1) is 9.31. The maximum Gasteiger partial charge on any atom is 0.168 e. The zero-order valence-corrected chi connectivity index (χ0v) is 11.1. The Kier molecular flexibility index (Phi) is 4.25. The minimum atomic E-state index is -2.52. The number of hydrogen-bond acceptors (Lipinski definition) is 0. The Bertz CT molecular complexity index is 618. The predicted molar refractivity (Wildman–Crippen MR) is 64.7 cm³/mol. The van der Waals surface area contributed by atoms with Crippen molar-refractivity contribution in [3.05, 3.63) is 59.2 Å². The molecule has 0 N–H and O–H groups in total. The standard InChI is InChI=1S/C12H4ClF6P/c13-20(9-3-5(14)1-7(16)11(9)18)10-4-6(15)2-8(17)12(10)19/h1-4H. The molecule has 0 nitrogen and oxygen atoms in total. The third kappa shape index (κ3) is 2.76. The van der Waals surface area contributed by atoms with Crippen LogP contribution in [-0.2, 0) is 0 Å². The van der Waals surface area contributed by atoms with Crippen molar-refractivity contribution in [1.29, 1.82) is 0 Å². The lowest BCUT2D eigenvalue weighted by atomic mass is 10.3. The third-order valence-corrected chi connectivity index (χ3v) is 4.96. The Hall–Kier alpha value is -1.26. The molecule has 2 rings (SSSR count). The molecule has 0 aromatic heterocycles. The first-order valence-corrected chi connectivity index (χ1v) is 7.31. The van der Waals surface area contributed by atoms with Gasteiger partial charge in [-0.1, -0.05) is 11.2 Å². The van der Waals surface area contributed by atoms with Crippen molar-refractivity contribution < 1.29 is 26.3 Å². The van der Waals surface area contributed by atoms with Gasteiger partial charge in [-0.2, -0.15) is 0 Å². The highest BCUT2D eigenvalue weighted by Crippen LogP contribution is 2.41. The molecule has 0 aliphatic rings. The van der Waals surface area contributed by atoms with E-state index in [-0.39, 0.29) is 12.1 Å². The lowest BCUT2D eigenvalue weighted by Gasteiger charge is -2.13. The molecule has 20 heavy (non-hydrogen) atoms. The van der Waals surface area contributed by atoms with Crippen LogP contribution in [0, 0.1) is 34.9 Å². The van der Waals surface area contributed by atoms with Crippen LogP contribution in [0.5, 0.6) is 0 Å². The largest absolute Gasteiger partial charge is 0.207 e. The van der Waals surface area contributed by atoms with Crippen molar-refractivity contribution in [3.8, 4) is 0 Å². The second-order valence-electron chi connectivity index (χ2n) is 3.72. The zero-order valence-electron chi connectivity index (χ0n) is 9.40. The molecule has 0 aliphatic heterocycles. The van der Waals surface area contributed by atoms with Crippen molar-refractivity contribution in [2.24, 2.45) is 0 Å². The van der Waals surface area contributed by atoms with Crippen LogP contribution in [0.1, 0.15) is 0 Å². The highest BCUT2D eigenvalue weighted by Gasteiger charge is 2.24. The van der Waals surface area contributed by atoms with Crippen LogP contribution in [0.2, 0.25) is 0 Å². The predicted octanol–water partition coefficient (Wildman–Crippen LogP) is 4.11. The van der Waals surface area contributed by atoms with Crippen LogP contribution in [0.4, 0.5) is 26.3 Å². The number of benzene rings is 2. The molecule has 0 saturated carbocycles. The smallest absolute Gasteiger partial charge is 0.168 e. The third-order valence-electron chi connectivity index (χ3n) is 2.37. The lowest BCUT2D eigenvalue weighted by molar-refractivity contribution is 0.499. The summed E-state index contributed by atoms with van der Waals surface area (Å²) in [6.07, 6.45) is 0. The minimum Gasteiger partial charge on any atom is -0.207 e. The maximum absolute atomic E-state index is 13.5. The highest BCUT2D eigenvalue weighted by molar-refractivity contribution is 7.95. The molecule has 0 bridgehead atoms. The summed E-state index contributed by atoms with van der Waals surface area (Å²) in [6.45, 7) is 0. The molecule has 2 aromatic rings. The summed E-state index contributed by atoms with van der Waals surface area (Å²) < 4.78 is 79.3. The summed E-state index contributed by atoms with van der Waals surface area (Å²) in [5.41, 5.74) is 0. The van der Waals surface area contributed by atoms with E-state index in [1.807, 2.05) is 0 Å². The number of hydrogen-bond donors (Lipinski definition) is 0. The van der Waals surface area contributed by atoms with Gasteiger partial charge in [0.05, 0.1) is 7.27 Å². The van der Waals surface area contributed by atoms with E-state index in [9.17, 15) is 26.3 Å². The Balaban J connectivity index is 2.60. The fourth-order valence-electron chi connectivity index (χ4n) is 1.50. The Morgan fingerprint density at radius 1 is 0.650 bits per heavy atom. The van der Waals surface area contributed by atoms with E-state index >= 15 is 0 Å². The highest BCUT2D eigenvalue weighted by atomic mass is 35.7. The first kappa shape index (κ1) is 15.1. The molecule has 0 heterocycles. The van der Waals surface area contributed by atoms with Gasteiger partial charge >= 0.3 is 0 Å². The van der Waals surface area contributed by atoms with Crippen molar-refractivity contribution >= 4 is 29.1 Å². The SMILES string of the molecule is Fc1cc(F)c(F)c(P(Cl)c2cc(F)cc(F)c2F)c1. The Labute approximate surface area is 115 Å². The molecule has 0 saturated heterocycles. The minimum absolute atomic E-state index is 0.279. The van der Waals surface area contributed by atoms with Gasteiger partial charge in [0.1, 0.15) is 11.6 Å². The van der Waals surface area contributed by atoms with Gasteiger partial charge in [0.2, 0.25) is 0 Å². The Morgan fingerprint density at radius 3 is 1.35 bits per heavy atom. The molecule has 0 fully saturated rings. The van der Waals surface area contributed by atoms with Gasteiger partial charge in [0, 0.05) is 22.7 Å². The van der Waals surface area contributed by atoms with Gasteiger partial charge in [-0.15, -0.1) is 0 Å². The van der Waals surface area contributed by atoms with E-state index in [1.54, 1.807) is 0 Å². The molecule has 2 aromatic carbocycles. The summed E-state index contributed by atoms with van der Waals surface area (Å²) in [5.74, 6) is -8.29. The molecule has 8 heteroatoms. The van der Waals surface area contributed by atoms with Crippen molar-refractivity contribution in [2.75, 3.05) is 0 Å². The van der Waals surface area contributed by atoms with E-state index in [1.165, 1.54) is 0 Å². The number of halogens is 7. The van der Waals surface area contributed by atoms with Gasteiger partial charge in [-0.3, -0.25) is 0 Å². The van der Waals surface area contributed by atoms with E-state index in [0.29, 0.717) is 12.1 Å². The first-order valence-electron chi connectivity index (χ1n) is 5.06. The summed E-state index contributed by atoms with van der Waals surface area (Å²) in [4.78, 5) is 0. The summed E-state index contributed by atoms with van der Waals surface area (Å²) in [6, 6.07) is 1.67. The lowest BCUT2D eigenvalue weighted by Crippen LogP contribution is -2.18. The molecule has 0 unspecified atom stereocenters. The van der Waals surface area contributed by atoms with Crippen LogP contribution < -0.4 is 10.6 Å². The molecule has 0 radical (unpaired) electrons. The van der Waals surface area contributed by atoms with E-state index in [4.69, 9.17) is 11.2 Å². The topological polar surface area (TPSA) is 0 Å². The molecular weight excluding hydrogens is 325 g/mol. The van der Waals surface area contributed by atoms with E-state index < -0.39 is 52.8 Å². The van der Waals surface area contributed by atoms with Gasteiger partial charge in [0.15, 0.2) is 23.3 Å². The monoisotopic (exact) mass is 328 g/mol. The summed E-state index contributed by atoms with van der Waals surface area (Å²) in [5, 5.41) is -1.38. The van der Waals surface area contributed by atoms with Gasteiger partial charge in [0.25, 0.3) is 0 Å². The fourth-order valence-corrected chi connectivity index (χ4v) is 3.53. The second kappa shape index (κ2) is 5.62. The average molecular weight is 329 g/mol. The van der Waals surface area contributed by atoms with Gasteiger partial charge in [-0.05, 0) is 12.1 Å². The van der Waals surface area contributed by atoms with Gasteiger partial charge < -0.3 is 0 Å².